The lowest BCUT2D eigenvalue weighted by Crippen LogP contribution is -2.03. The van der Waals surface area contributed by atoms with Gasteiger partial charge < -0.3 is 9.52 Å². The minimum absolute atomic E-state index is 0.0971. The summed E-state index contributed by atoms with van der Waals surface area (Å²) >= 11 is 0. The van der Waals surface area contributed by atoms with Crippen LogP contribution in [0.2, 0.25) is 0 Å². The Morgan fingerprint density at radius 1 is 1.24 bits per heavy atom. The van der Waals surface area contributed by atoms with Gasteiger partial charge in [0.05, 0.1) is 0 Å². The molecule has 3 nitrogen and oxygen atoms in total. The molecule has 1 aromatic carbocycles. The van der Waals surface area contributed by atoms with E-state index in [2.05, 4.69) is 4.42 Å². The molecular weight excluding hydrogens is 230 g/mol. The number of phenolic OH excluding ortho intramolecular Hbond substituents is 1. The SMILES string of the molecule is CC.Cc1cc2cc(F)c(O)c(F)c2oc1=O. The molecule has 0 atom stereocenters. The zero-order valence-corrected chi connectivity index (χ0v) is 9.67. The van der Waals surface area contributed by atoms with Gasteiger partial charge in [-0.3, -0.25) is 0 Å². The summed E-state index contributed by atoms with van der Waals surface area (Å²) in [6.45, 7) is 5.47. The molecule has 0 saturated heterocycles. The van der Waals surface area contributed by atoms with Gasteiger partial charge in [-0.1, -0.05) is 13.8 Å². The smallest absolute Gasteiger partial charge is 0.339 e. The summed E-state index contributed by atoms with van der Waals surface area (Å²) in [5.41, 5.74) is -0.913. The van der Waals surface area contributed by atoms with Crippen molar-refractivity contribution in [2.75, 3.05) is 0 Å². The van der Waals surface area contributed by atoms with Gasteiger partial charge in [0, 0.05) is 10.9 Å². The average Bonchev–Trinajstić information content (AvgIpc) is 2.32. The third kappa shape index (κ3) is 2.27. The number of aryl methyl sites for hydroxylation is 1. The monoisotopic (exact) mass is 242 g/mol. The normalized spacial score (nSPS) is 9.94. The highest BCUT2D eigenvalue weighted by atomic mass is 19.1. The van der Waals surface area contributed by atoms with Crippen LogP contribution in [0.15, 0.2) is 21.3 Å². The van der Waals surface area contributed by atoms with Crippen molar-refractivity contribution in [3.8, 4) is 5.75 Å². The quantitative estimate of drug-likeness (QED) is 0.722. The van der Waals surface area contributed by atoms with Gasteiger partial charge in [0.2, 0.25) is 5.82 Å². The van der Waals surface area contributed by atoms with Gasteiger partial charge in [-0.05, 0) is 19.1 Å². The number of hydrogen-bond acceptors (Lipinski definition) is 3. The summed E-state index contributed by atoms with van der Waals surface area (Å²) in [7, 11) is 0. The molecule has 0 spiro atoms. The van der Waals surface area contributed by atoms with Crippen molar-refractivity contribution in [2.24, 2.45) is 0 Å². The summed E-state index contributed by atoms with van der Waals surface area (Å²) in [6, 6.07) is 2.20. The van der Waals surface area contributed by atoms with E-state index in [1.165, 1.54) is 13.0 Å². The van der Waals surface area contributed by atoms with E-state index in [4.69, 9.17) is 5.11 Å². The van der Waals surface area contributed by atoms with Crippen LogP contribution in [0.25, 0.3) is 11.0 Å². The Labute approximate surface area is 96.3 Å². The molecule has 0 aliphatic rings. The summed E-state index contributed by atoms with van der Waals surface area (Å²) in [6.07, 6.45) is 0. The molecule has 92 valence electrons. The molecule has 1 heterocycles. The fourth-order valence-corrected chi connectivity index (χ4v) is 1.29. The number of benzene rings is 1. The molecule has 1 N–H and O–H groups in total. The van der Waals surface area contributed by atoms with E-state index in [-0.39, 0.29) is 10.9 Å². The Morgan fingerprint density at radius 3 is 2.41 bits per heavy atom. The lowest BCUT2D eigenvalue weighted by atomic mass is 10.2. The highest BCUT2D eigenvalue weighted by Crippen LogP contribution is 2.27. The molecule has 17 heavy (non-hydrogen) atoms. The molecule has 0 bridgehead atoms. The molecule has 0 unspecified atom stereocenters. The van der Waals surface area contributed by atoms with Crippen molar-refractivity contribution in [3.05, 3.63) is 39.8 Å². The van der Waals surface area contributed by atoms with Crippen molar-refractivity contribution >= 4 is 11.0 Å². The summed E-state index contributed by atoms with van der Waals surface area (Å²) in [5, 5.41) is 9.05. The molecule has 2 aromatic rings. The van der Waals surface area contributed by atoms with Gasteiger partial charge in [0.1, 0.15) is 0 Å². The molecule has 5 heteroatoms. The summed E-state index contributed by atoms with van der Waals surface area (Å²) in [5.74, 6) is -3.50. The van der Waals surface area contributed by atoms with Crippen molar-refractivity contribution in [1.82, 2.24) is 0 Å². The first-order chi connectivity index (χ1) is 8.00. The minimum Gasteiger partial charge on any atom is -0.503 e. The first-order valence-corrected chi connectivity index (χ1v) is 5.12. The predicted octanol–water partition coefficient (Wildman–Crippen LogP) is 3.11. The Balaban J connectivity index is 0.000000686. The summed E-state index contributed by atoms with van der Waals surface area (Å²) < 4.78 is 30.8. The van der Waals surface area contributed by atoms with E-state index in [1.807, 2.05) is 13.8 Å². The second-order valence-corrected chi connectivity index (χ2v) is 3.16. The van der Waals surface area contributed by atoms with Gasteiger partial charge in [0.25, 0.3) is 0 Å². The van der Waals surface area contributed by atoms with Crippen molar-refractivity contribution in [2.45, 2.75) is 20.8 Å². The van der Waals surface area contributed by atoms with Crippen LogP contribution in [0.4, 0.5) is 8.78 Å². The Bertz CT molecular complexity index is 603. The lowest BCUT2D eigenvalue weighted by Gasteiger charge is -2.02. The van der Waals surface area contributed by atoms with Crippen LogP contribution < -0.4 is 5.63 Å². The van der Waals surface area contributed by atoms with Crippen molar-refractivity contribution in [3.63, 3.8) is 0 Å². The van der Waals surface area contributed by atoms with E-state index < -0.39 is 28.6 Å². The van der Waals surface area contributed by atoms with Crippen LogP contribution in [0, 0.1) is 18.6 Å². The van der Waals surface area contributed by atoms with Gasteiger partial charge in [-0.25, -0.2) is 9.18 Å². The number of aromatic hydroxyl groups is 1. The maximum Gasteiger partial charge on any atom is 0.339 e. The third-order valence-electron chi connectivity index (χ3n) is 2.07. The molecule has 0 radical (unpaired) electrons. The second kappa shape index (κ2) is 4.95. The first kappa shape index (κ1) is 13.2. The minimum atomic E-state index is -1.26. The average molecular weight is 242 g/mol. The van der Waals surface area contributed by atoms with E-state index in [0.29, 0.717) is 0 Å². The highest BCUT2D eigenvalue weighted by Gasteiger charge is 2.15. The highest BCUT2D eigenvalue weighted by molar-refractivity contribution is 5.79. The molecule has 0 amide bonds. The second-order valence-electron chi connectivity index (χ2n) is 3.16. The Kier molecular flexibility index (Phi) is 3.83. The maximum absolute atomic E-state index is 13.2. The number of fused-ring (bicyclic) bond motifs is 1. The molecule has 0 saturated carbocycles. The first-order valence-electron chi connectivity index (χ1n) is 5.12. The van der Waals surface area contributed by atoms with Crippen LogP contribution in [0.1, 0.15) is 19.4 Å². The fourth-order valence-electron chi connectivity index (χ4n) is 1.29. The zero-order chi connectivity index (χ0) is 13.2. The predicted molar refractivity (Wildman–Crippen MR) is 60.1 cm³/mol. The lowest BCUT2D eigenvalue weighted by molar-refractivity contribution is 0.392. The van der Waals surface area contributed by atoms with Crippen molar-refractivity contribution in [1.29, 1.82) is 0 Å². The largest absolute Gasteiger partial charge is 0.503 e. The number of rotatable bonds is 0. The molecule has 0 fully saturated rings. The molecular formula is C12H12F2O3. The van der Waals surface area contributed by atoms with Crippen LogP contribution in [-0.2, 0) is 0 Å². The molecule has 0 aliphatic heterocycles. The van der Waals surface area contributed by atoms with Gasteiger partial charge >= 0.3 is 5.63 Å². The van der Waals surface area contributed by atoms with Gasteiger partial charge in [0.15, 0.2) is 17.1 Å². The van der Waals surface area contributed by atoms with E-state index in [1.54, 1.807) is 0 Å². The van der Waals surface area contributed by atoms with Gasteiger partial charge in [-0.2, -0.15) is 4.39 Å². The molecule has 2 rings (SSSR count). The van der Waals surface area contributed by atoms with Crippen LogP contribution in [0.3, 0.4) is 0 Å². The maximum atomic E-state index is 13.2. The summed E-state index contributed by atoms with van der Waals surface area (Å²) in [4.78, 5) is 11.1. The van der Waals surface area contributed by atoms with Gasteiger partial charge in [-0.15, -0.1) is 0 Å². The Morgan fingerprint density at radius 2 is 1.82 bits per heavy atom. The molecule has 1 aromatic heterocycles. The fraction of sp³-hybridized carbons (Fsp3) is 0.250. The number of hydrogen-bond donors (Lipinski definition) is 1. The van der Waals surface area contributed by atoms with Crippen LogP contribution >= 0.6 is 0 Å². The molecule has 0 aliphatic carbocycles. The van der Waals surface area contributed by atoms with Crippen molar-refractivity contribution < 1.29 is 18.3 Å². The van der Waals surface area contributed by atoms with E-state index in [9.17, 15) is 13.6 Å². The topological polar surface area (TPSA) is 50.4 Å². The number of halogens is 2. The third-order valence-corrected chi connectivity index (χ3v) is 2.07. The van der Waals surface area contributed by atoms with Crippen LogP contribution in [-0.4, -0.2) is 5.11 Å². The standard InChI is InChI=1S/C10H6F2O3.C2H6/c1-4-2-5-3-6(11)8(13)7(12)9(5)15-10(4)14;1-2/h2-3,13H,1H3;1-2H3. The van der Waals surface area contributed by atoms with E-state index in [0.717, 1.165) is 6.07 Å². The van der Waals surface area contributed by atoms with Crippen LogP contribution in [0.5, 0.6) is 5.75 Å². The Hall–Kier alpha value is -1.91. The zero-order valence-electron chi connectivity index (χ0n) is 9.67. The van der Waals surface area contributed by atoms with E-state index >= 15 is 0 Å². The number of phenols is 1.